The molecule has 138 valence electrons. The normalized spacial score (nSPS) is 12.1. The molecule has 0 N–H and O–H groups in total. The maximum Gasteiger partial charge on any atom is 0.127 e. The van der Waals surface area contributed by atoms with E-state index in [4.69, 9.17) is 16.3 Å². The van der Waals surface area contributed by atoms with Gasteiger partial charge >= 0.3 is 0 Å². The molecular weight excluding hydrogens is 359 g/mol. The second-order valence-corrected chi connectivity index (χ2v) is 7.50. The highest BCUT2D eigenvalue weighted by Crippen LogP contribution is 2.29. The molecule has 0 fully saturated rings. The smallest absolute Gasteiger partial charge is 0.127 e. The van der Waals surface area contributed by atoms with E-state index in [-0.39, 0.29) is 12.2 Å². The van der Waals surface area contributed by atoms with Crippen LogP contribution in [0.15, 0.2) is 90.8 Å². The Morgan fingerprint density at radius 2 is 1.59 bits per heavy atom. The van der Waals surface area contributed by atoms with Crippen molar-refractivity contribution in [1.82, 2.24) is 0 Å². The minimum atomic E-state index is -0.424. The molecule has 0 aliphatic rings. The predicted molar refractivity (Wildman–Crippen MR) is 110 cm³/mol. The van der Waals surface area contributed by atoms with Gasteiger partial charge in [-0.15, -0.1) is 0 Å². The zero-order valence-electron chi connectivity index (χ0n) is 15.5. The van der Waals surface area contributed by atoms with Crippen LogP contribution in [0.1, 0.15) is 25.0 Å². The van der Waals surface area contributed by atoms with Gasteiger partial charge in [-0.2, -0.15) is 0 Å². The van der Waals surface area contributed by atoms with E-state index in [1.807, 2.05) is 92.7 Å². The van der Waals surface area contributed by atoms with E-state index in [1.54, 1.807) is 6.08 Å². The Kier molecular flexibility index (Phi) is 5.98. The lowest BCUT2D eigenvalue weighted by atomic mass is 9.84. The first-order valence-electron chi connectivity index (χ1n) is 8.87. The summed E-state index contributed by atoms with van der Waals surface area (Å²) in [5, 5.41) is 0.675. The van der Waals surface area contributed by atoms with Gasteiger partial charge in [0, 0.05) is 16.9 Å². The van der Waals surface area contributed by atoms with Gasteiger partial charge < -0.3 is 4.74 Å². The molecule has 0 saturated carbocycles. The van der Waals surface area contributed by atoms with Crippen LogP contribution in [0.4, 0.5) is 4.39 Å². The van der Waals surface area contributed by atoms with Crippen LogP contribution < -0.4 is 4.74 Å². The lowest BCUT2D eigenvalue weighted by Gasteiger charge is -2.21. The number of para-hydroxylation sites is 1. The molecule has 27 heavy (non-hydrogen) atoms. The quantitative estimate of drug-likeness (QED) is 0.430. The van der Waals surface area contributed by atoms with Gasteiger partial charge in [-0.25, -0.2) is 4.39 Å². The number of rotatable bonds is 6. The van der Waals surface area contributed by atoms with Crippen LogP contribution in [-0.2, 0) is 11.8 Å². The highest BCUT2D eigenvalue weighted by Gasteiger charge is 2.19. The number of hydrogen-bond donors (Lipinski definition) is 0. The summed E-state index contributed by atoms with van der Waals surface area (Å²) < 4.78 is 20.5. The lowest BCUT2D eigenvalue weighted by Crippen LogP contribution is -2.14. The second-order valence-electron chi connectivity index (χ2n) is 7.06. The number of hydrogen-bond acceptors (Lipinski definition) is 1. The topological polar surface area (TPSA) is 9.23 Å². The van der Waals surface area contributed by atoms with E-state index in [1.165, 1.54) is 0 Å². The summed E-state index contributed by atoms with van der Waals surface area (Å²) in [6, 6.07) is 24.6. The van der Waals surface area contributed by atoms with Crippen molar-refractivity contribution in [2.24, 2.45) is 0 Å². The van der Waals surface area contributed by atoms with Crippen molar-refractivity contribution in [2.75, 3.05) is 0 Å². The van der Waals surface area contributed by atoms with E-state index in [2.05, 4.69) is 0 Å². The van der Waals surface area contributed by atoms with Crippen LogP contribution in [-0.4, -0.2) is 0 Å². The van der Waals surface area contributed by atoms with Crippen LogP contribution in [0.25, 0.3) is 0 Å². The number of ether oxygens (including phenoxy) is 1. The second kappa shape index (κ2) is 8.41. The van der Waals surface area contributed by atoms with Crippen LogP contribution in [0.3, 0.4) is 0 Å². The van der Waals surface area contributed by atoms with Crippen LogP contribution in [0.2, 0.25) is 5.02 Å². The fraction of sp³-hybridized carbons (Fsp3) is 0.167. The fourth-order valence-electron chi connectivity index (χ4n) is 2.94. The summed E-state index contributed by atoms with van der Waals surface area (Å²) in [5.41, 5.74) is 1.46. The third-order valence-electron chi connectivity index (χ3n) is 4.36. The molecule has 3 heteroatoms. The Morgan fingerprint density at radius 1 is 0.926 bits per heavy atom. The Morgan fingerprint density at radius 3 is 2.30 bits per heavy atom. The van der Waals surface area contributed by atoms with Crippen LogP contribution in [0, 0.1) is 0 Å². The van der Waals surface area contributed by atoms with Crippen molar-refractivity contribution < 1.29 is 9.13 Å². The zero-order valence-corrected chi connectivity index (χ0v) is 16.2. The SMILES string of the molecule is CC(C)(/C=C(\F)Cc1cccc(Oc2ccccc2)c1)c1ccc(Cl)cc1. The molecule has 0 atom stereocenters. The summed E-state index contributed by atoms with van der Waals surface area (Å²) >= 11 is 5.95. The molecule has 3 aromatic rings. The molecule has 0 heterocycles. The predicted octanol–water partition coefficient (Wildman–Crippen LogP) is 7.51. The van der Waals surface area contributed by atoms with Crippen molar-refractivity contribution in [3.63, 3.8) is 0 Å². The maximum atomic E-state index is 14.7. The molecule has 3 aromatic carbocycles. The lowest BCUT2D eigenvalue weighted by molar-refractivity contribution is 0.481. The monoisotopic (exact) mass is 380 g/mol. The van der Waals surface area contributed by atoms with Crippen molar-refractivity contribution >= 4 is 11.6 Å². The maximum absolute atomic E-state index is 14.7. The Bertz CT molecular complexity index is 915. The Hall–Kier alpha value is -2.58. The van der Waals surface area contributed by atoms with E-state index in [0.29, 0.717) is 10.8 Å². The van der Waals surface area contributed by atoms with E-state index in [0.717, 1.165) is 16.9 Å². The molecule has 0 bridgehead atoms. The molecule has 1 nitrogen and oxygen atoms in total. The van der Waals surface area contributed by atoms with Crippen LogP contribution >= 0.6 is 11.6 Å². The molecule has 0 aliphatic carbocycles. The van der Waals surface area contributed by atoms with Crippen LogP contribution in [0.5, 0.6) is 11.5 Å². The number of halogens is 2. The van der Waals surface area contributed by atoms with Gasteiger partial charge in [0.1, 0.15) is 17.3 Å². The Balaban J connectivity index is 1.73. The molecule has 3 rings (SSSR count). The zero-order chi connectivity index (χ0) is 19.3. The number of allylic oxidation sites excluding steroid dienone is 2. The summed E-state index contributed by atoms with van der Waals surface area (Å²) in [7, 11) is 0. The number of benzene rings is 3. The average Bonchev–Trinajstić information content (AvgIpc) is 2.62. The van der Waals surface area contributed by atoms with Gasteiger partial charge in [0.05, 0.1) is 0 Å². The van der Waals surface area contributed by atoms with Gasteiger partial charge in [0.25, 0.3) is 0 Å². The van der Waals surface area contributed by atoms with E-state index < -0.39 is 5.41 Å². The largest absolute Gasteiger partial charge is 0.457 e. The fourth-order valence-corrected chi connectivity index (χ4v) is 3.07. The molecule has 0 aliphatic heterocycles. The first-order chi connectivity index (χ1) is 12.9. The molecule has 0 saturated heterocycles. The first-order valence-corrected chi connectivity index (χ1v) is 9.25. The van der Waals surface area contributed by atoms with E-state index in [9.17, 15) is 4.39 Å². The summed E-state index contributed by atoms with van der Waals surface area (Å²) in [5.74, 6) is 1.28. The van der Waals surface area contributed by atoms with Gasteiger partial charge in [-0.1, -0.05) is 67.9 Å². The van der Waals surface area contributed by atoms with Crippen molar-refractivity contribution in [1.29, 1.82) is 0 Å². The minimum absolute atomic E-state index is 0.174. The summed E-state index contributed by atoms with van der Waals surface area (Å²) in [6.07, 6.45) is 1.89. The summed E-state index contributed by atoms with van der Waals surface area (Å²) in [4.78, 5) is 0. The highest BCUT2D eigenvalue weighted by atomic mass is 35.5. The van der Waals surface area contributed by atoms with Crippen molar-refractivity contribution in [3.8, 4) is 11.5 Å². The molecule has 0 radical (unpaired) electrons. The van der Waals surface area contributed by atoms with Gasteiger partial charge in [-0.3, -0.25) is 0 Å². The van der Waals surface area contributed by atoms with Gasteiger partial charge in [0.2, 0.25) is 0 Å². The molecular formula is C24H22ClFO. The third-order valence-corrected chi connectivity index (χ3v) is 4.61. The van der Waals surface area contributed by atoms with E-state index >= 15 is 0 Å². The van der Waals surface area contributed by atoms with Crippen molar-refractivity contribution in [2.45, 2.75) is 25.7 Å². The van der Waals surface area contributed by atoms with Crippen molar-refractivity contribution in [3.05, 3.63) is 107 Å². The molecule has 0 aromatic heterocycles. The van der Waals surface area contributed by atoms with Gasteiger partial charge in [-0.05, 0) is 53.6 Å². The molecule has 0 unspecified atom stereocenters. The Labute approximate surface area is 165 Å². The average molecular weight is 381 g/mol. The minimum Gasteiger partial charge on any atom is -0.457 e. The molecule has 0 spiro atoms. The third kappa shape index (κ3) is 5.45. The molecule has 0 amide bonds. The summed E-state index contributed by atoms with van der Waals surface area (Å²) in [6.45, 7) is 3.98. The standard InChI is InChI=1S/C24H22ClFO/c1-24(2,19-11-13-20(25)14-12-19)17-21(26)15-18-7-6-10-23(16-18)27-22-8-4-3-5-9-22/h3-14,16-17H,15H2,1-2H3/b21-17-. The first kappa shape index (κ1) is 19.2. The highest BCUT2D eigenvalue weighted by molar-refractivity contribution is 6.30. The van der Waals surface area contributed by atoms with Gasteiger partial charge in [0.15, 0.2) is 0 Å².